The summed E-state index contributed by atoms with van der Waals surface area (Å²) in [5.74, 6) is -0.166. The minimum absolute atomic E-state index is 0.146. The zero-order valence-corrected chi connectivity index (χ0v) is 15.4. The minimum atomic E-state index is -0.166. The summed E-state index contributed by atoms with van der Waals surface area (Å²) in [6, 6.07) is 18.5. The smallest absolute Gasteiger partial charge is 0.253 e. The van der Waals surface area contributed by atoms with E-state index in [1.807, 2.05) is 67.5 Å². The van der Waals surface area contributed by atoms with Crippen LogP contribution in [-0.2, 0) is 6.54 Å². The number of aromatic nitrogens is 2. The molecule has 27 heavy (non-hydrogen) atoms. The van der Waals surface area contributed by atoms with Crippen molar-refractivity contribution in [1.29, 1.82) is 0 Å². The Hall–Kier alpha value is -3.41. The molecule has 0 saturated carbocycles. The van der Waals surface area contributed by atoms with E-state index >= 15 is 0 Å². The molecular formula is C21H22N4O2. The molecule has 1 amide bonds. The van der Waals surface area contributed by atoms with Crippen LogP contribution >= 0.6 is 0 Å². The van der Waals surface area contributed by atoms with E-state index in [0.29, 0.717) is 24.3 Å². The topological polar surface area (TPSA) is 67.2 Å². The molecule has 0 spiro atoms. The fraction of sp³-hybridized carbons (Fsp3) is 0.190. The molecule has 0 saturated heterocycles. The Labute approximate surface area is 158 Å². The summed E-state index contributed by atoms with van der Waals surface area (Å²) in [7, 11) is 3.85. The number of carbonyl (C=O) groups excluding carboxylic acids is 1. The van der Waals surface area contributed by atoms with Gasteiger partial charge in [-0.05, 0) is 18.2 Å². The SMILES string of the molecule is CN(C)c1cccc(C(=O)NCCn2cnc(-c3ccccc3)cc2=O)c1. The Morgan fingerprint density at radius 2 is 1.85 bits per heavy atom. The van der Waals surface area contributed by atoms with Crippen LogP contribution in [0, 0.1) is 0 Å². The number of amides is 1. The van der Waals surface area contributed by atoms with Crippen LogP contribution in [0.25, 0.3) is 11.3 Å². The van der Waals surface area contributed by atoms with E-state index in [2.05, 4.69) is 10.3 Å². The first-order valence-electron chi connectivity index (χ1n) is 8.72. The van der Waals surface area contributed by atoms with Crippen molar-refractivity contribution >= 4 is 11.6 Å². The van der Waals surface area contributed by atoms with Gasteiger partial charge in [0.25, 0.3) is 11.5 Å². The second-order valence-corrected chi connectivity index (χ2v) is 6.37. The first-order valence-corrected chi connectivity index (χ1v) is 8.72. The van der Waals surface area contributed by atoms with Crippen molar-refractivity contribution in [2.24, 2.45) is 0 Å². The minimum Gasteiger partial charge on any atom is -0.378 e. The Balaban J connectivity index is 1.61. The van der Waals surface area contributed by atoms with Crippen molar-refractivity contribution in [3.05, 3.63) is 82.9 Å². The molecule has 0 radical (unpaired) electrons. The third-order valence-corrected chi connectivity index (χ3v) is 4.21. The van der Waals surface area contributed by atoms with Gasteiger partial charge < -0.3 is 10.2 Å². The van der Waals surface area contributed by atoms with Gasteiger partial charge in [0.1, 0.15) is 0 Å². The molecule has 3 aromatic rings. The molecule has 0 fully saturated rings. The van der Waals surface area contributed by atoms with Crippen molar-refractivity contribution in [3.63, 3.8) is 0 Å². The lowest BCUT2D eigenvalue weighted by atomic mass is 10.1. The van der Waals surface area contributed by atoms with Crippen molar-refractivity contribution < 1.29 is 4.79 Å². The lowest BCUT2D eigenvalue weighted by Crippen LogP contribution is -2.30. The molecule has 1 heterocycles. The summed E-state index contributed by atoms with van der Waals surface area (Å²) in [4.78, 5) is 30.9. The number of rotatable bonds is 6. The van der Waals surface area contributed by atoms with Gasteiger partial charge in [-0.15, -0.1) is 0 Å². The molecule has 1 aromatic heterocycles. The first kappa shape index (κ1) is 18.4. The average Bonchev–Trinajstić information content (AvgIpc) is 2.69. The average molecular weight is 362 g/mol. The molecular weight excluding hydrogens is 340 g/mol. The fourth-order valence-corrected chi connectivity index (χ4v) is 2.68. The summed E-state index contributed by atoms with van der Waals surface area (Å²) in [5, 5.41) is 2.84. The highest BCUT2D eigenvalue weighted by Gasteiger charge is 2.07. The highest BCUT2D eigenvalue weighted by Crippen LogP contribution is 2.14. The monoisotopic (exact) mass is 362 g/mol. The molecule has 0 atom stereocenters. The van der Waals surface area contributed by atoms with E-state index in [9.17, 15) is 9.59 Å². The third-order valence-electron chi connectivity index (χ3n) is 4.21. The van der Waals surface area contributed by atoms with Crippen LogP contribution in [0.15, 0.2) is 71.8 Å². The summed E-state index contributed by atoms with van der Waals surface area (Å²) < 4.78 is 1.49. The molecule has 6 heteroatoms. The standard InChI is InChI=1S/C21H22N4O2/c1-24(2)18-10-6-9-17(13-18)21(27)22-11-12-25-15-23-19(14-20(25)26)16-7-4-3-5-8-16/h3-10,13-15H,11-12H2,1-2H3,(H,22,27). The molecule has 0 aliphatic rings. The Bertz CT molecular complexity index is 981. The van der Waals surface area contributed by atoms with E-state index in [-0.39, 0.29) is 11.5 Å². The maximum Gasteiger partial charge on any atom is 0.253 e. The summed E-state index contributed by atoms with van der Waals surface area (Å²) in [6.45, 7) is 0.706. The van der Waals surface area contributed by atoms with E-state index < -0.39 is 0 Å². The van der Waals surface area contributed by atoms with Gasteiger partial charge in [-0.3, -0.25) is 14.2 Å². The molecule has 0 aliphatic carbocycles. The van der Waals surface area contributed by atoms with Crippen molar-refractivity contribution in [1.82, 2.24) is 14.9 Å². The predicted molar refractivity (Wildman–Crippen MR) is 107 cm³/mol. The van der Waals surface area contributed by atoms with Crippen LogP contribution in [-0.4, -0.2) is 36.1 Å². The third kappa shape index (κ3) is 4.61. The fourth-order valence-electron chi connectivity index (χ4n) is 2.68. The van der Waals surface area contributed by atoms with E-state index in [4.69, 9.17) is 0 Å². The van der Waals surface area contributed by atoms with Crippen LogP contribution in [0.3, 0.4) is 0 Å². The molecule has 1 N–H and O–H groups in total. The second kappa shape index (κ2) is 8.31. The van der Waals surface area contributed by atoms with Gasteiger partial charge in [0, 0.05) is 50.1 Å². The summed E-state index contributed by atoms with van der Waals surface area (Å²) in [6.07, 6.45) is 1.52. The summed E-state index contributed by atoms with van der Waals surface area (Å²) in [5.41, 5.74) is 2.94. The first-order chi connectivity index (χ1) is 13.0. The van der Waals surface area contributed by atoms with Crippen molar-refractivity contribution in [2.45, 2.75) is 6.54 Å². The van der Waals surface area contributed by atoms with E-state index in [1.54, 1.807) is 6.07 Å². The van der Waals surface area contributed by atoms with Gasteiger partial charge in [-0.1, -0.05) is 36.4 Å². The number of benzene rings is 2. The van der Waals surface area contributed by atoms with Crippen molar-refractivity contribution in [2.75, 3.05) is 25.5 Å². The van der Waals surface area contributed by atoms with Gasteiger partial charge in [-0.2, -0.15) is 0 Å². The lowest BCUT2D eigenvalue weighted by Gasteiger charge is -2.13. The molecule has 0 unspecified atom stereocenters. The molecule has 3 rings (SSSR count). The highest BCUT2D eigenvalue weighted by atomic mass is 16.1. The van der Waals surface area contributed by atoms with Crippen LogP contribution < -0.4 is 15.8 Å². The maximum absolute atomic E-state index is 12.3. The maximum atomic E-state index is 12.3. The van der Waals surface area contributed by atoms with Gasteiger partial charge in [0.15, 0.2) is 0 Å². The van der Waals surface area contributed by atoms with Gasteiger partial charge in [0.2, 0.25) is 0 Å². The number of nitrogens with zero attached hydrogens (tertiary/aromatic N) is 3. The van der Waals surface area contributed by atoms with Gasteiger partial charge >= 0.3 is 0 Å². The number of hydrogen-bond donors (Lipinski definition) is 1. The summed E-state index contributed by atoms with van der Waals surface area (Å²) >= 11 is 0. The number of anilines is 1. The van der Waals surface area contributed by atoms with Crippen molar-refractivity contribution in [3.8, 4) is 11.3 Å². The second-order valence-electron chi connectivity index (χ2n) is 6.37. The van der Waals surface area contributed by atoms with Crippen LogP contribution in [0.2, 0.25) is 0 Å². The largest absolute Gasteiger partial charge is 0.378 e. The van der Waals surface area contributed by atoms with Crippen LogP contribution in [0.4, 0.5) is 5.69 Å². The molecule has 0 bridgehead atoms. The quantitative estimate of drug-likeness (QED) is 0.731. The van der Waals surface area contributed by atoms with E-state index in [0.717, 1.165) is 11.3 Å². The highest BCUT2D eigenvalue weighted by molar-refractivity contribution is 5.95. The Kier molecular flexibility index (Phi) is 5.66. The van der Waals surface area contributed by atoms with Crippen LogP contribution in [0.1, 0.15) is 10.4 Å². The lowest BCUT2D eigenvalue weighted by molar-refractivity contribution is 0.0952. The number of carbonyl (C=O) groups is 1. The molecule has 2 aromatic carbocycles. The van der Waals surface area contributed by atoms with Crippen LogP contribution in [0.5, 0.6) is 0 Å². The number of nitrogens with one attached hydrogen (secondary N) is 1. The molecule has 6 nitrogen and oxygen atoms in total. The normalized spacial score (nSPS) is 10.4. The molecule has 0 aliphatic heterocycles. The Morgan fingerprint density at radius 3 is 2.56 bits per heavy atom. The Morgan fingerprint density at radius 1 is 1.07 bits per heavy atom. The number of hydrogen-bond acceptors (Lipinski definition) is 4. The zero-order valence-electron chi connectivity index (χ0n) is 15.4. The van der Waals surface area contributed by atoms with Gasteiger partial charge in [-0.25, -0.2) is 4.98 Å². The van der Waals surface area contributed by atoms with Gasteiger partial charge in [0.05, 0.1) is 12.0 Å². The predicted octanol–water partition coefficient (Wildman–Crippen LogP) is 2.41. The van der Waals surface area contributed by atoms with E-state index in [1.165, 1.54) is 17.0 Å². The zero-order chi connectivity index (χ0) is 19.2. The molecule has 138 valence electrons.